The predicted molar refractivity (Wildman–Crippen MR) is 76.5 cm³/mol. The van der Waals surface area contributed by atoms with Crippen LogP contribution >= 0.6 is 0 Å². The fourth-order valence-corrected chi connectivity index (χ4v) is 2.96. The Kier molecular flexibility index (Phi) is 4.43. The van der Waals surface area contributed by atoms with Gasteiger partial charge in [0.15, 0.2) is 0 Å². The fraction of sp³-hybridized carbons (Fsp3) is 0.533. The van der Waals surface area contributed by atoms with Crippen LogP contribution < -0.4 is 10.6 Å². The smallest absolute Gasteiger partial charge is 0.326 e. The van der Waals surface area contributed by atoms with Crippen LogP contribution in [0.25, 0.3) is 0 Å². The topological polar surface area (TPSA) is 66.6 Å². The molecule has 4 heteroatoms. The molecule has 0 amide bonds. The Bertz CT molecular complexity index is 448. The summed E-state index contributed by atoms with van der Waals surface area (Å²) < 4.78 is 0. The zero-order valence-electron chi connectivity index (χ0n) is 11.4. The largest absolute Gasteiger partial charge is 0.480 e. The minimum atomic E-state index is -0.731. The Balaban J connectivity index is 2.30. The van der Waals surface area contributed by atoms with E-state index in [1.807, 2.05) is 30.0 Å². The molecule has 0 aromatic heterocycles. The number of aliphatic carboxylic acids is 1. The number of carbonyl (C=O) groups is 1. The first-order valence-corrected chi connectivity index (χ1v) is 6.97. The Morgan fingerprint density at radius 2 is 2.26 bits per heavy atom. The van der Waals surface area contributed by atoms with Crippen molar-refractivity contribution in [3.8, 4) is 0 Å². The second-order valence-electron chi connectivity index (χ2n) is 5.13. The number of anilines is 1. The molecule has 0 fully saturated rings. The van der Waals surface area contributed by atoms with Crippen LogP contribution in [0.15, 0.2) is 24.3 Å². The molecule has 1 aliphatic rings. The molecule has 2 rings (SSSR count). The van der Waals surface area contributed by atoms with E-state index in [0.29, 0.717) is 18.9 Å². The summed E-state index contributed by atoms with van der Waals surface area (Å²) in [4.78, 5) is 13.5. The van der Waals surface area contributed by atoms with Gasteiger partial charge in [-0.3, -0.25) is 0 Å². The molecule has 4 nitrogen and oxygen atoms in total. The third-order valence-corrected chi connectivity index (χ3v) is 3.84. The average Bonchev–Trinajstić information content (AvgIpc) is 2.75. The van der Waals surface area contributed by atoms with Crippen LogP contribution in [0.2, 0.25) is 0 Å². The first-order valence-electron chi connectivity index (χ1n) is 6.97. The van der Waals surface area contributed by atoms with Crippen LogP contribution in [0.4, 0.5) is 5.69 Å². The third-order valence-electron chi connectivity index (χ3n) is 3.84. The van der Waals surface area contributed by atoms with Crippen molar-refractivity contribution in [2.75, 3.05) is 18.0 Å². The van der Waals surface area contributed by atoms with Gasteiger partial charge >= 0.3 is 5.97 Å². The maximum atomic E-state index is 11.5. The first-order chi connectivity index (χ1) is 9.19. The Morgan fingerprint density at radius 1 is 1.53 bits per heavy atom. The van der Waals surface area contributed by atoms with E-state index < -0.39 is 12.0 Å². The molecule has 3 N–H and O–H groups in total. The number of carboxylic acids is 1. The zero-order chi connectivity index (χ0) is 13.8. The molecule has 2 unspecified atom stereocenters. The second-order valence-corrected chi connectivity index (χ2v) is 5.13. The number of nitrogens with two attached hydrogens (primary N) is 1. The third kappa shape index (κ3) is 2.73. The van der Waals surface area contributed by atoms with E-state index in [4.69, 9.17) is 5.73 Å². The molecule has 1 aromatic carbocycles. The van der Waals surface area contributed by atoms with E-state index in [9.17, 15) is 9.90 Å². The highest BCUT2D eigenvalue weighted by atomic mass is 16.4. The van der Waals surface area contributed by atoms with Crippen molar-refractivity contribution in [2.45, 2.75) is 38.1 Å². The molecule has 0 saturated heterocycles. The highest BCUT2D eigenvalue weighted by molar-refractivity contribution is 5.80. The standard InChI is InChI=1S/C15H22N2O2/c1-2-5-14(15(18)19)17-10-11(8-9-16)12-6-3-4-7-13(12)17/h3-4,6-7,11,14H,2,5,8-10,16H2,1H3,(H,18,19). The van der Waals surface area contributed by atoms with Crippen LogP contribution in [-0.2, 0) is 4.79 Å². The highest BCUT2D eigenvalue weighted by Gasteiger charge is 2.34. The highest BCUT2D eigenvalue weighted by Crippen LogP contribution is 2.39. The Labute approximate surface area is 114 Å². The summed E-state index contributed by atoms with van der Waals surface area (Å²) >= 11 is 0. The Morgan fingerprint density at radius 3 is 2.89 bits per heavy atom. The van der Waals surface area contributed by atoms with Gasteiger partial charge in [-0.15, -0.1) is 0 Å². The molecular weight excluding hydrogens is 240 g/mol. The van der Waals surface area contributed by atoms with Crippen LogP contribution in [0, 0.1) is 0 Å². The molecular formula is C15H22N2O2. The van der Waals surface area contributed by atoms with Crippen LogP contribution in [0.3, 0.4) is 0 Å². The van der Waals surface area contributed by atoms with E-state index in [1.54, 1.807) is 0 Å². The van der Waals surface area contributed by atoms with Gasteiger partial charge in [0.05, 0.1) is 0 Å². The molecule has 1 heterocycles. The van der Waals surface area contributed by atoms with Crippen LogP contribution in [-0.4, -0.2) is 30.2 Å². The van der Waals surface area contributed by atoms with Gasteiger partial charge in [0, 0.05) is 18.2 Å². The minimum absolute atomic E-state index is 0.361. The first kappa shape index (κ1) is 13.9. The maximum absolute atomic E-state index is 11.5. The average molecular weight is 262 g/mol. The van der Waals surface area contributed by atoms with E-state index in [0.717, 1.165) is 25.1 Å². The van der Waals surface area contributed by atoms with Crippen molar-refractivity contribution >= 4 is 11.7 Å². The number of para-hydroxylation sites is 1. The van der Waals surface area contributed by atoms with E-state index >= 15 is 0 Å². The lowest BCUT2D eigenvalue weighted by atomic mass is 9.98. The van der Waals surface area contributed by atoms with Crippen molar-refractivity contribution in [1.29, 1.82) is 0 Å². The maximum Gasteiger partial charge on any atom is 0.326 e. The lowest BCUT2D eigenvalue weighted by molar-refractivity contribution is -0.138. The normalized spacial score (nSPS) is 19.3. The molecule has 0 saturated carbocycles. The van der Waals surface area contributed by atoms with Crippen molar-refractivity contribution < 1.29 is 9.90 Å². The second kappa shape index (κ2) is 6.06. The summed E-state index contributed by atoms with van der Waals surface area (Å²) in [5.74, 6) is -0.370. The number of fused-ring (bicyclic) bond motifs is 1. The lowest BCUT2D eigenvalue weighted by Crippen LogP contribution is -2.40. The molecule has 19 heavy (non-hydrogen) atoms. The summed E-state index contributed by atoms with van der Waals surface area (Å²) in [6.07, 6.45) is 2.46. The molecule has 0 radical (unpaired) electrons. The number of hydrogen-bond acceptors (Lipinski definition) is 3. The zero-order valence-corrected chi connectivity index (χ0v) is 11.4. The van der Waals surface area contributed by atoms with Crippen molar-refractivity contribution in [1.82, 2.24) is 0 Å². The summed E-state index contributed by atoms with van der Waals surface area (Å²) in [5, 5.41) is 9.44. The number of nitrogens with zero attached hydrogens (tertiary/aromatic N) is 1. The molecule has 104 valence electrons. The quantitative estimate of drug-likeness (QED) is 0.824. The predicted octanol–water partition coefficient (Wildman–Crippen LogP) is 2.19. The van der Waals surface area contributed by atoms with Gasteiger partial charge in [-0.1, -0.05) is 31.5 Å². The summed E-state index contributed by atoms with van der Waals surface area (Å²) in [7, 11) is 0. The minimum Gasteiger partial charge on any atom is -0.480 e. The van der Waals surface area contributed by atoms with Gasteiger partial charge in [-0.05, 0) is 31.0 Å². The number of hydrogen-bond donors (Lipinski definition) is 2. The monoisotopic (exact) mass is 262 g/mol. The molecule has 0 aliphatic carbocycles. The molecule has 0 spiro atoms. The Hall–Kier alpha value is -1.55. The summed E-state index contributed by atoms with van der Waals surface area (Å²) in [5.41, 5.74) is 7.99. The molecule has 2 atom stereocenters. The van der Waals surface area contributed by atoms with Crippen LogP contribution in [0.5, 0.6) is 0 Å². The lowest BCUT2D eigenvalue weighted by Gasteiger charge is -2.27. The number of rotatable bonds is 6. The van der Waals surface area contributed by atoms with Gasteiger partial charge in [0.25, 0.3) is 0 Å². The summed E-state index contributed by atoms with van der Waals surface area (Å²) in [6, 6.07) is 7.69. The van der Waals surface area contributed by atoms with Gasteiger partial charge in [0.1, 0.15) is 6.04 Å². The van der Waals surface area contributed by atoms with E-state index in [2.05, 4.69) is 6.07 Å². The van der Waals surface area contributed by atoms with E-state index in [-0.39, 0.29) is 0 Å². The van der Waals surface area contributed by atoms with Gasteiger partial charge in [-0.25, -0.2) is 4.79 Å². The molecule has 0 bridgehead atoms. The van der Waals surface area contributed by atoms with Gasteiger partial charge < -0.3 is 15.7 Å². The van der Waals surface area contributed by atoms with E-state index in [1.165, 1.54) is 5.56 Å². The van der Waals surface area contributed by atoms with Crippen molar-refractivity contribution in [2.24, 2.45) is 5.73 Å². The SMILES string of the molecule is CCCC(C(=O)O)N1CC(CCN)c2ccccc21. The van der Waals surface area contributed by atoms with Crippen molar-refractivity contribution in [3.63, 3.8) is 0 Å². The number of benzene rings is 1. The number of carboxylic acid groups (broad SMARTS) is 1. The molecule has 1 aliphatic heterocycles. The molecule has 1 aromatic rings. The van der Waals surface area contributed by atoms with Gasteiger partial charge in [0.2, 0.25) is 0 Å². The van der Waals surface area contributed by atoms with Crippen LogP contribution in [0.1, 0.15) is 37.7 Å². The summed E-state index contributed by atoms with van der Waals surface area (Å²) in [6.45, 7) is 3.43. The fourth-order valence-electron chi connectivity index (χ4n) is 2.96. The van der Waals surface area contributed by atoms with Gasteiger partial charge in [-0.2, -0.15) is 0 Å². The van der Waals surface area contributed by atoms with Crippen molar-refractivity contribution in [3.05, 3.63) is 29.8 Å².